The lowest BCUT2D eigenvalue weighted by molar-refractivity contribution is -0.138. The number of aromatic nitrogens is 2. The number of hydrogen-bond donors (Lipinski definition) is 0. The normalized spacial score (nSPS) is 11.8. The Morgan fingerprint density at radius 3 is 2.42 bits per heavy atom. The van der Waals surface area contributed by atoms with Gasteiger partial charge in [-0.3, -0.25) is 4.79 Å². The average Bonchev–Trinajstić information content (AvgIpc) is 3.15. The molecule has 0 aliphatic rings. The zero-order valence-electron chi connectivity index (χ0n) is 14.8. The maximum Gasteiger partial charge on any atom is 0.263 e. The second kappa shape index (κ2) is 8.29. The molecule has 0 bridgehead atoms. The first-order chi connectivity index (χ1) is 12.7. The Labute approximate surface area is 152 Å². The molecule has 0 saturated carbocycles. The number of ether oxygens (including phenoxy) is 1. The van der Waals surface area contributed by atoms with E-state index in [1.54, 1.807) is 11.9 Å². The van der Waals surface area contributed by atoms with E-state index in [9.17, 15) is 4.79 Å². The first-order valence-electron chi connectivity index (χ1n) is 8.52. The summed E-state index contributed by atoms with van der Waals surface area (Å²) in [4.78, 5) is 18.6. The monoisotopic (exact) mass is 351 g/mol. The van der Waals surface area contributed by atoms with Crippen LogP contribution in [0.2, 0.25) is 0 Å². The summed E-state index contributed by atoms with van der Waals surface area (Å²) < 4.78 is 11.1. The molecule has 6 heteroatoms. The molecule has 0 radical (unpaired) electrons. The van der Waals surface area contributed by atoms with Crippen molar-refractivity contribution >= 4 is 5.91 Å². The molecule has 3 aromatic rings. The molecule has 0 saturated heterocycles. The van der Waals surface area contributed by atoms with Gasteiger partial charge in [0.2, 0.25) is 11.7 Å². The molecule has 1 heterocycles. The average molecular weight is 351 g/mol. The third kappa shape index (κ3) is 4.27. The number of nitrogens with zero attached hydrogens (tertiary/aromatic N) is 3. The molecular weight excluding hydrogens is 330 g/mol. The molecule has 0 aliphatic heterocycles. The number of carbonyl (C=O) groups is 1. The molecule has 26 heavy (non-hydrogen) atoms. The maximum atomic E-state index is 12.7. The predicted molar refractivity (Wildman–Crippen MR) is 97.4 cm³/mol. The summed E-state index contributed by atoms with van der Waals surface area (Å²) in [5.41, 5.74) is 0.871. The van der Waals surface area contributed by atoms with Crippen molar-refractivity contribution in [2.45, 2.75) is 26.0 Å². The van der Waals surface area contributed by atoms with Gasteiger partial charge in [0.25, 0.3) is 5.91 Å². The summed E-state index contributed by atoms with van der Waals surface area (Å²) in [6.45, 7) is 2.15. The number of amides is 1. The van der Waals surface area contributed by atoms with Crippen molar-refractivity contribution in [2.24, 2.45) is 0 Å². The molecule has 1 atom stereocenters. The Morgan fingerprint density at radius 1 is 1.12 bits per heavy atom. The highest BCUT2D eigenvalue weighted by Crippen LogP contribution is 2.17. The van der Waals surface area contributed by atoms with Crippen LogP contribution in [0, 0.1) is 0 Å². The van der Waals surface area contributed by atoms with Crippen LogP contribution < -0.4 is 4.74 Å². The van der Waals surface area contributed by atoms with Crippen molar-refractivity contribution in [3.8, 4) is 17.1 Å². The third-order valence-corrected chi connectivity index (χ3v) is 3.92. The highest BCUT2D eigenvalue weighted by Gasteiger charge is 2.24. The van der Waals surface area contributed by atoms with Gasteiger partial charge in [0.05, 0.1) is 6.54 Å². The van der Waals surface area contributed by atoms with E-state index in [4.69, 9.17) is 9.26 Å². The number of rotatable bonds is 7. The number of carbonyl (C=O) groups excluding carboxylic acids is 1. The van der Waals surface area contributed by atoms with E-state index in [1.807, 2.05) is 67.6 Å². The van der Waals surface area contributed by atoms with Crippen LogP contribution in [0.5, 0.6) is 5.75 Å². The van der Waals surface area contributed by atoms with Crippen molar-refractivity contribution in [2.75, 3.05) is 7.05 Å². The number of benzene rings is 2. The number of hydrogen-bond acceptors (Lipinski definition) is 5. The molecule has 2 aromatic carbocycles. The van der Waals surface area contributed by atoms with E-state index in [0.717, 1.165) is 5.56 Å². The molecule has 0 spiro atoms. The van der Waals surface area contributed by atoms with E-state index < -0.39 is 6.10 Å². The van der Waals surface area contributed by atoms with Gasteiger partial charge in [0, 0.05) is 12.6 Å². The Kier molecular flexibility index (Phi) is 5.63. The van der Waals surface area contributed by atoms with Crippen LogP contribution in [0.3, 0.4) is 0 Å². The predicted octanol–water partition coefficient (Wildman–Crippen LogP) is 3.55. The third-order valence-electron chi connectivity index (χ3n) is 3.92. The van der Waals surface area contributed by atoms with Gasteiger partial charge in [-0.2, -0.15) is 4.98 Å². The minimum atomic E-state index is -0.557. The molecule has 0 unspecified atom stereocenters. The van der Waals surface area contributed by atoms with Crippen LogP contribution >= 0.6 is 0 Å². The lowest BCUT2D eigenvalue weighted by atomic mass is 10.2. The van der Waals surface area contributed by atoms with Crippen molar-refractivity contribution < 1.29 is 14.1 Å². The van der Waals surface area contributed by atoms with Gasteiger partial charge in [-0.15, -0.1) is 0 Å². The van der Waals surface area contributed by atoms with E-state index >= 15 is 0 Å². The molecule has 1 amide bonds. The fourth-order valence-electron chi connectivity index (χ4n) is 2.52. The highest BCUT2D eigenvalue weighted by atomic mass is 16.5. The summed E-state index contributed by atoms with van der Waals surface area (Å²) in [7, 11) is 1.70. The lowest BCUT2D eigenvalue weighted by Crippen LogP contribution is -2.39. The quantitative estimate of drug-likeness (QED) is 0.651. The van der Waals surface area contributed by atoms with E-state index in [1.165, 1.54) is 0 Å². The SMILES string of the molecule is CC[C@@H](Oc1ccccc1)C(=O)N(C)Cc1nc(-c2ccccc2)no1. The summed E-state index contributed by atoms with van der Waals surface area (Å²) in [5, 5.41) is 3.98. The lowest BCUT2D eigenvalue weighted by Gasteiger charge is -2.22. The fraction of sp³-hybridized carbons (Fsp3) is 0.250. The minimum absolute atomic E-state index is 0.129. The Morgan fingerprint density at radius 2 is 1.77 bits per heavy atom. The van der Waals surface area contributed by atoms with Gasteiger partial charge in [-0.05, 0) is 18.6 Å². The topological polar surface area (TPSA) is 68.5 Å². The van der Waals surface area contributed by atoms with Crippen LogP contribution in [0.1, 0.15) is 19.2 Å². The molecule has 3 rings (SSSR count). The standard InChI is InChI=1S/C20H21N3O3/c1-3-17(25-16-12-8-5-9-13-16)20(24)23(2)14-18-21-19(22-26-18)15-10-6-4-7-11-15/h4-13,17H,3,14H2,1-2H3/t17-/m1/s1. The fourth-order valence-corrected chi connectivity index (χ4v) is 2.52. The zero-order chi connectivity index (χ0) is 18.4. The Bertz CT molecular complexity index is 834. The first kappa shape index (κ1) is 17.7. The van der Waals surface area contributed by atoms with Crippen LogP contribution in [-0.2, 0) is 11.3 Å². The van der Waals surface area contributed by atoms with Gasteiger partial charge in [0.15, 0.2) is 6.10 Å². The van der Waals surface area contributed by atoms with E-state index in [2.05, 4.69) is 10.1 Å². The smallest absolute Gasteiger partial charge is 0.263 e. The largest absolute Gasteiger partial charge is 0.481 e. The number of likely N-dealkylation sites (N-methyl/N-ethyl adjacent to an activating group) is 1. The van der Waals surface area contributed by atoms with Crippen LogP contribution in [-0.4, -0.2) is 34.1 Å². The van der Waals surface area contributed by atoms with Crippen molar-refractivity contribution in [1.82, 2.24) is 15.0 Å². The molecule has 0 N–H and O–H groups in total. The highest BCUT2D eigenvalue weighted by molar-refractivity contribution is 5.80. The second-order valence-electron chi connectivity index (χ2n) is 5.90. The van der Waals surface area contributed by atoms with Crippen molar-refractivity contribution in [3.63, 3.8) is 0 Å². The van der Waals surface area contributed by atoms with Crippen LogP contribution in [0.25, 0.3) is 11.4 Å². The van der Waals surface area contributed by atoms with E-state index in [0.29, 0.717) is 23.9 Å². The summed E-state index contributed by atoms with van der Waals surface area (Å²) in [6.07, 6.45) is 0.0101. The van der Waals surface area contributed by atoms with Crippen molar-refractivity contribution in [1.29, 1.82) is 0 Å². The van der Waals surface area contributed by atoms with Crippen molar-refractivity contribution in [3.05, 3.63) is 66.6 Å². The Balaban J connectivity index is 1.64. The zero-order valence-corrected chi connectivity index (χ0v) is 14.8. The van der Waals surface area contributed by atoms with Gasteiger partial charge < -0.3 is 14.2 Å². The van der Waals surface area contributed by atoms with Gasteiger partial charge in [0.1, 0.15) is 5.75 Å². The molecule has 0 fully saturated rings. The number of para-hydroxylation sites is 1. The molecular formula is C20H21N3O3. The molecule has 6 nitrogen and oxygen atoms in total. The first-order valence-corrected chi connectivity index (χ1v) is 8.52. The second-order valence-corrected chi connectivity index (χ2v) is 5.90. The van der Waals surface area contributed by atoms with Gasteiger partial charge in [-0.25, -0.2) is 0 Å². The minimum Gasteiger partial charge on any atom is -0.481 e. The van der Waals surface area contributed by atoms with Crippen LogP contribution in [0.15, 0.2) is 65.2 Å². The molecule has 1 aromatic heterocycles. The maximum absolute atomic E-state index is 12.7. The summed E-state index contributed by atoms with van der Waals surface area (Å²) >= 11 is 0. The molecule has 134 valence electrons. The molecule has 0 aliphatic carbocycles. The Hall–Kier alpha value is -3.15. The summed E-state index contributed by atoms with van der Waals surface area (Å²) in [6, 6.07) is 18.9. The van der Waals surface area contributed by atoms with Crippen LogP contribution in [0.4, 0.5) is 0 Å². The van der Waals surface area contributed by atoms with E-state index in [-0.39, 0.29) is 12.5 Å². The van der Waals surface area contributed by atoms with Gasteiger partial charge >= 0.3 is 0 Å². The van der Waals surface area contributed by atoms with Gasteiger partial charge in [-0.1, -0.05) is 60.6 Å². The summed E-state index contributed by atoms with van der Waals surface area (Å²) in [5.74, 6) is 1.43.